The molecule has 2 rings (SSSR count). The molecular weight excluding hydrogens is 308 g/mol. The number of nitrogens with two attached hydrogens (primary N) is 1. The van der Waals surface area contributed by atoms with E-state index in [0.717, 1.165) is 12.1 Å². The molecule has 2 aromatic rings. The Morgan fingerprint density at radius 1 is 1.22 bits per heavy atom. The third-order valence-corrected chi connectivity index (χ3v) is 4.07. The van der Waals surface area contributed by atoms with Crippen LogP contribution in [0.25, 0.3) is 0 Å². The molecule has 122 valence electrons. The maximum Gasteiger partial charge on any atom is 0.106 e. The van der Waals surface area contributed by atoms with E-state index in [1.54, 1.807) is 0 Å². The van der Waals surface area contributed by atoms with Crippen molar-refractivity contribution in [2.45, 2.75) is 25.4 Å². The summed E-state index contributed by atoms with van der Waals surface area (Å²) in [5.41, 5.74) is 7.64. The van der Waals surface area contributed by atoms with E-state index < -0.39 is 0 Å². The molecule has 2 atom stereocenters. The topological polar surface area (TPSA) is 53.6 Å². The van der Waals surface area contributed by atoms with E-state index in [1.165, 1.54) is 11.9 Å². The first-order valence-corrected chi connectivity index (χ1v) is 8.07. The molecule has 0 aliphatic carbocycles. The van der Waals surface area contributed by atoms with Crippen LogP contribution in [0.2, 0.25) is 5.02 Å². The minimum Gasteiger partial charge on any atom is -0.388 e. The van der Waals surface area contributed by atoms with E-state index in [2.05, 4.69) is 29.5 Å². The fourth-order valence-electron chi connectivity index (χ4n) is 2.73. The van der Waals surface area contributed by atoms with E-state index in [9.17, 15) is 0 Å². The molecule has 0 aliphatic rings. The standard InChI is InChI=1S/C18H23ClN4/c1-3-17(23(2)21-13-20)18(14-8-5-4-6-9-14)22-16-11-7-10-15(19)12-16/h4-13,17-18,22H,3H2,1-2H3,(H2,20,21). The average Bonchev–Trinajstić information content (AvgIpc) is 2.56. The molecule has 2 aromatic carbocycles. The molecule has 0 radical (unpaired) electrons. The van der Waals surface area contributed by atoms with E-state index >= 15 is 0 Å². The highest BCUT2D eigenvalue weighted by Crippen LogP contribution is 2.28. The molecule has 0 aromatic heterocycles. The van der Waals surface area contributed by atoms with Crippen LogP contribution in [-0.4, -0.2) is 24.4 Å². The zero-order valence-electron chi connectivity index (χ0n) is 13.5. The van der Waals surface area contributed by atoms with E-state index in [4.69, 9.17) is 17.3 Å². The number of anilines is 1. The van der Waals surface area contributed by atoms with Gasteiger partial charge in [-0.3, -0.25) is 5.01 Å². The van der Waals surface area contributed by atoms with E-state index in [-0.39, 0.29) is 12.1 Å². The van der Waals surface area contributed by atoms with Gasteiger partial charge in [0.05, 0.1) is 12.1 Å². The lowest BCUT2D eigenvalue weighted by atomic mass is 9.96. The maximum atomic E-state index is 6.11. The van der Waals surface area contributed by atoms with Crippen molar-refractivity contribution in [3.63, 3.8) is 0 Å². The summed E-state index contributed by atoms with van der Waals surface area (Å²) in [5, 5.41) is 10.4. The summed E-state index contributed by atoms with van der Waals surface area (Å²) in [7, 11) is 1.94. The molecular formula is C18H23ClN4. The summed E-state index contributed by atoms with van der Waals surface area (Å²) in [4.78, 5) is 0. The van der Waals surface area contributed by atoms with Crippen LogP contribution in [0.1, 0.15) is 24.9 Å². The molecule has 0 bridgehead atoms. The Hall–Kier alpha value is -2.20. The van der Waals surface area contributed by atoms with Crippen LogP contribution >= 0.6 is 11.6 Å². The maximum absolute atomic E-state index is 6.11. The molecule has 0 spiro atoms. The molecule has 23 heavy (non-hydrogen) atoms. The Kier molecular flexibility index (Phi) is 6.29. The Morgan fingerprint density at radius 2 is 1.96 bits per heavy atom. The minimum atomic E-state index is 0.0633. The van der Waals surface area contributed by atoms with Gasteiger partial charge < -0.3 is 11.1 Å². The Balaban J connectivity index is 2.35. The van der Waals surface area contributed by atoms with Gasteiger partial charge in [-0.15, -0.1) is 0 Å². The van der Waals surface area contributed by atoms with Crippen LogP contribution in [0.3, 0.4) is 0 Å². The molecule has 5 heteroatoms. The predicted molar refractivity (Wildman–Crippen MR) is 98.8 cm³/mol. The van der Waals surface area contributed by atoms with Gasteiger partial charge in [0, 0.05) is 17.8 Å². The SMILES string of the molecule is CCC(C(Nc1cccc(Cl)c1)c1ccccc1)N(C)/N=C\N. The Bertz CT molecular complexity index is 630. The number of hydrazone groups is 1. The van der Waals surface area contributed by atoms with Crippen molar-refractivity contribution < 1.29 is 0 Å². The van der Waals surface area contributed by atoms with Gasteiger partial charge in [0.15, 0.2) is 0 Å². The molecule has 2 unspecified atom stereocenters. The Labute approximate surface area is 142 Å². The normalized spacial score (nSPS) is 13.7. The van der Waals surface area contributed by atoms with Crippen molar-refractivity contribution in [3.05, 3.63) is 65.2 Å². The lowest BCUT2D eigenvalue weighted by Gasteiger charge is -2.33. The average molecular weight is 331 g/mol. The van der Waals surface area contributed by atoms with Crippen LogP contribution in [-0.2, 0) is 0 Å². The Morgan fingerprint density at radius 3 is 2.57 bits per heavy atom. The molecule has 4 nitrogen and oxygen atoms in total. The van der Waals surface area contributed by atoms with Crippen molar-refractivity contribution >= 4 is 23.6 Å². The largest absolute Gasteiger partial charge is 0.388 e. The number of nitrogens with zero attached hydrogens (tertiary/aromatic N) is 2. The summed E-state index contributed by atoms with van der Waals surface area (Å²) in [6.45, 7) is 2.14. The van der Waals surface area contributed by atoms with E-state index in [0.29, 0.717) is 5.02 Å². The van der Waals surface area contributed by atoms with Gasteiger partial charge >= 0.3 is 0 Å². The lowest BCUT2D eigenvalue weighted by molar-refractivity contribution is 0.222. The van der Waals surface area contributed by atoms with Gasteiger partial charge in [-0.2, -0.15) is 5.10 Å². The number of hydrogen-bond donors (Lipinski definition) is 2. The number of rotatable bonds is 7. The first-order chi connectivity index (χ1) is 11.2. The summed E-state index contributed by atoms with van der Waals surface area (Å²) in [6.07, 6.45) is 2.24. The van der Waals surface area contributed by atoms with E-state index in [1.807, 2.05) is 54.5 Å². The molecule has 3 N–H and O–H groups in total. The fourth-order valence-corrected chi connectivity index (χ4v) is 2.92. The number of likely N-dealkylation sites (N-methyl/N-ethyl adjacent to an activating group) is 1. The molecule has 0 saturated carbocycles. The monoisotopic (exact) mass is 330 g/mol. The van der Waals surface area contributed by atoms with Gasteiger partial charge in [0.1, 0.15) is 6.34 Å². The first-order valence-electron chi connectivity index (χ1n) is 7.69. The highest BCUT2D eigenvalue weighted by molar-refractivity contribution is 6.30. The van der Waals surface area contributed by atoms with Crippen molar-refractivity contribution in [2.24, 2.45) is 10.8 Å². The second-order valence-corrected chi connectivity index (χ2v) is 5.79. The third kappa shape index (κ3) is 4.63. The predicted octanol–water partition coefficient (Wildman–Crippen LogP) is 4.11. The smallest absolute Gasteiger partial charge is 0.106 e. The number of halogens is 1. The van der Waals surface area contributed by atoms with Crippen molar-refractivity contribution in [1.29, 1.82) is 0 Å². The van der Waals surface area contributed by atoms with Gasteiger partial charge in [-0.1, -0.05) is 54.9 Å². The lowest BCUT2D eigenvalue weighted by Crippen LogP contribution is -2.37. The number of benzene rings is 2. The molecule has 0 saturated heterocycles. The summed E-state index contributed by atoms with van der Waals surface area (Å²) in [6, 6.07) is 18.3. The van der Waals surface area contributed by atoms with Crippen LogP contribution in [0.5, 0.6) is 0 Å². The molecule has 0 fully saturated rings. The van der Waals surface area contributed by atoms with Gasteiger partial charge in [-0.25, -0.2) is 0 Å². The highest BCUT2D eigenvalue weighted by atomic mass is 35.5. The number of hydrogen-bond acceptors (Lipinski definition) is 3. The fraction of sp³-hybridized carbons (Fsp3) is 0.278. The minimum absolute atomic E-state index is 0.0633. The van der Waals surface area contributed by atoms with Gasteiger partial charge in [0.25, 0.3) is 0 Å². The van der Waals surface area contributed by atoms with Crippen molar-refractivity contribution in [3.8, 4) is 0 Å². The number of nitrogens with one attached hydrogen (secondary N) is 1. The molecule has 0 aliphatic heterocycles. The second-order valence-electron chi connectivity index (χ2n) is 5.36. The zero-order valence-corrected chi connectivity index (χ0v) is 14.2. The van der Waals surface area contributed by atoms with Gasteiger partial charge in [0.2, 0.25) is 0 Å². The van der Waals surface area contributed by atoms with Crippen molar-refractivity contribution in [1.82, 2.24) is 5.01 Å². The van der Waals surface area contributed by atoms with Crippen LogP contribution < -0.4 is 11.1 Å². The van der Waals surface area contributed by atoms with Crippen LogP contribution in [0.15, 0.2) is 59.7 Å². The summed E-state index contributed by atoms with van der Waals surface area (Å²) in [5.74, 6) is 0. The zero-order chi connectivity index (χ0) is 16.7. The summed E-state index contributed by atoms with van der Waals surface area (Å²) < 4.78 is 0. The quantitative estimate of drug-likeness (QED) is 0.456. The molecule has 0 amide bonds. The summed E-state index contributed by atoms with van der Waals surface area (Å²) >= 11 is 6.11. The highest BCUT2D eigenvalue weighted by Gasteiger charge is 2.25. The first kappa shape index (κ1) is 17.2. The van der Waals surface area contributed by atoms with Crippen molar-refractivity contribution in [2.75, 3.05) is 12.4 Å². The third-order valence-electron chi connectivity index (χ3n) is 3.84. The van der Waals surface area contributed by atoms with Crippen LogP contribution in [0, 0.1) is 0 Å². The van der Waals surface area contributed by atoms with Gasteiger partial charge in [-0.05, 0) is 30.2 Å². The second kappa shape index (κ2) is 8.44. The van der Waals surface area contributed by atoms with Crippen LogP contribution in [0.4, 0.5) is 5.69 Å². The molecule has 0 heterocycles.